The lowest BCUT2D eigenvalue weighted by Crippen LogP contribution is -2.35. The van der Waals surface area contributed by atoms with Crippen LogP contribution in [0.3, 0.4) is 0 Å². The minimum Gasteiger partial charge on any atom is -0.387 e. The van der Waals surface area contributed by atoms with Crippen LogP contribution in [-0.2, 0) is 6.18 Å². The number of hydrogen-bond donors (Lipinski definition) is 1. The predicted molar refractivity (Wildman–Crippen MR) is 72.8 cm³/mol. The van der Waals surface area contributed by atoms with Gasteiger partial charge in [-0.25, -0.2) is 0 Å². The zero-order chi connectivity index (χ0) is 16.2. The maximum Gasteiger partial charge on any atom is 0.418 e. The van der Waals surface area contributed by atoms with Crippen molar-refractivity contribution in [3.8, 4) is 6.07 Å². The van der Waals surface area contributed by atoms with Crippen molar-refractivity contribution in [2.75, 3.05) is 19.4 Å². The van der Waals surface area contributed by atoms with Gasteiger partial charge in [-0.05, 0) is 19.1 Å². The number of carbonyl (C=O) groups excluding carboxylic acids is 1. The van der Waals surface area contributed by atoms with E-state index in [9.17, 15) is 18.0 Å². The molecule has 1 amide bonds. The first-order valence-electron chi connectivity index (χ1n) is 6.26. The molecule has 0 fully saturated rings. The summed E-state index contributed by atoms with van der Waals surface area (Å²) in [5.74, 6) is -0.562. The zero-order valence-corrected chi connectivity index (χ0v) is 12.0. The van der Waals surface area contributed by atoms with E-state index in [1.54, 1.807) is 6.92 Å². The van der Waals surface area contributed by atoms with Gasteiger partial charge in [0.15, 0.2) is 0 Å². The Hall–Kier alpha value is -2.23. The number of hydrogen-bond acceptors (Lipinski definition) is 3. The number of benzene rings is 1. The molecule has 0 saturated carbocycles. The molecule has 0 bridgehead atoms. The van der Waals surface area contributed by atoms with Gasteiger partial charge in [0.2, 0.25) is 0 Å². The highest BCUT2D eigenvalue weighted by Crippen LogP contribution is 2.36. The van der Waals surface area contributed by atoms with Crippen molar-refractivity contribution in [2.45, 2.75) is 25.6 Å². The van der Waals surface area contributed by atoms with Gasteiger partial charge in [0.25, 0.3) is 5.91 Å². The highest BCUT2D eigenvalue weighted by atomic mass is 19.4. The number of alkyl halides is 3. The Morgan fingerprint density at radius 3 is 2.57 bits per heavy atom. The maximum atomic E-state index is 13.0. The van der Waals surface area contributed by atoms with Crippen LogP contribution in [0, 0.1) is 11.3 Å². The number of nitrogens with zero attached hydrogens (tertiary/aromatic N) is 2. The van der Waals surface area contributed by atoms with Crippen LogP contribution in [0.2, 0.25) is 0 Å². The SMILES string of the molecule is CNc1c(C(=O)N(C)C(C)CC#N)cccc1C(F)(F)F. The molecule has 1 aromatic carbocycles. The molecule has 1 N–H and O–H groups in total. The lowest BCUT2D eigenvalue weighted by Gasteiger charge is -2.25. The highest BCUT2D eigenvalue weighted by molar-refractivity contribution is 6.00. The summed E-state index contributed by atoms with van der Waals surface area (Å²) in [6.45, 7) is 1.66. The van der Waals surface area contributed by atoms with E-state index in [1.807, 2.05) is 6.07 Å². The minimum absolute atomic E-state index is 0.0698. The number of amides is 1. The van der Waals surface area contributed by atoms with Crippen molar-refractivity contribution in [1.82, 2.24) is 4.90 Å². The summed E-state index contributed by atoms with van der Waals surface area (Å²) in [6.07, 6.45) is -4.44. The average molecular weight is 299 g/mol. The van der Waals surface area contributed by atoms with Crippen LogP contribution >= 0.6 is 0 Å². The van der Waals surface area contributed by atoms with E-state index in [0.717, 1.165) is 6.07 Å². The summed E-state index contributed by atoms with van der Waals surface area (Å²) in [5, 5.41) is 11.1. The first-order valence-corrected chi connectivity index (χ1v) is 6.26. The molecule has 0 saturated heterocycles. The second-order valence-corrected chi connectivity index (χ2v) is 4.60. The van der Waals surface area contributed by atoms with Gasteiger partial charge in [-0.2, -0.15) is 18.4 Å². The number of nitrogens with one attached hydrogen (secondary N) is 1. The van der Waals surface area contributed by atoms with Crippen LogP contribution in [0.25, 0.3) is 0 Å². The van der Waals surface area contributed by atoms with Crippen molar-refractivity contribution in [2.24, 2.45) is 0 Å². The summed E-state index contributed by atoms with van der Waals surface area (Å²) >= 11 is 0. The zero-order valence-electron chi connectivity index (χ0n) is 12.0. The van der Waals surface area contributed by atoms with Gasteiger partial charge in [0, 0.05) is 20.1 Å². The molecule has 0 aliphatic carbocycles. The molecular formula is C14H16F3N3O. The van der Waals surface area contributed by atoms with E-state index >= 15 is 0 Å². The van der Waals surface area contributed by atoms with E-state index in [2.05, 4.69) is 5.32 Å². The van der Waals surface area contributed by atoms with Crippen molar-refractivity contribution >= 4 is 11.6 Å². The van der Waals surface area contributed by atoms with Gasteiger partial charge in [-0.15, -0.1) is 0 Å². The predicted octanol–water partition coefficient (Wildman–Crippen LogP) is 3.12. The van der Waals surface area contributed by atoms with Crippen molar-refractivity contribution in [3.05, 3.63) is 29.3 Å². The van der Waals surface area contributed by atoms with Crippen molar-refractivity contribution in [3.63, 3.8) is 0 Å². The number of para-hydroxylation sites is 1. The summed E-state index contributed by atoms with van der Waals surface area (Å²) in [6, 6.07) is 4.99. The smallest absolute Gasteiger partial charge is 0.387 e. The summed E-state index contributed by atoms with van der Waals surface area (Å²) < 4.78 is 38.9. The summed E-state index contributed by atoms with van der Waals surface area (Å²) in [5.41, 5.74) is -1.22. The molecule has 1 aromatic rings. The van der Waals surface area contributed by atoms with E-state index in [1.165, 1.54) is 31.1 Å². The molecule has 1 unspecified atom stereocenters. The Balaban J connectivity index is 3.25. The molecule has 114 valence electrons. The van der Waals surface area contributed by atoms with Gasteiger partial charge in [-0.1, -0.05) is 6.07 Å². The molecule has 1 atom stereocenters. The van der Waals surface area contributed by atoms with Gasteiger partial charge in [-0.3, -0.25) is 4.79 Å². The second-order valence-electron chi connectivity index (χ2n) is 4.60. The van der Waals surface area contributed by atoms with Crippen molar-refractivity contribution in [1.29, 1.82) is 5.26 Å². The number of anilines is 1. The number of carbonyl (C=O) groups is 1. The van der Waals surface area contributed by atoms with Crippen LogP contribution < -0.4 is 5.32 Å². The van der Waals surface area contributed by atoms with Crippen LogP contribution in [0.15, 0.2) is 18.2 Å². The lowest BCUT2D eigenvalue weighted by molar-refractivity contribution is -0.136. The monoisotopic (exact) mass is 299 g/mol. The first-order chi connectivity index (χ1) is 9.73. The molecule has 21 heavy (non-hydrogen) atoms. The molecular weight excluding hydrogens is 283 g/mol. The maximum absolute atomic E-state index is 13.0. The third kappa shape index (κ3) is 3.66. The fraction of sp³-hybridized carbons (Fsp3) is 0.429. The van der Waals surface area contributed by atoms with E-state index in [-0.39, 0.29) is 23.7 Å². The third-order valence-corrected chi connectivity index (χ3v) is 3.22. The molecule has 0 aliphatic rings. The summed E-state index contributed by atoms with van der Waals surface area (Å²) in [7, 11) is 2.80. The molecule has 4 nitrogen and oxygen atoms in total. The normalized spacial score (nSPS) is 12.4. The topological polar surface area (TPSA) is 56.1 Å². The van der Waals surface area contributed by atoms with Gasteiger partial charge in [0.05, 0.1) is 29.3 Å². The Morgan fingerprint density at radius 1 is 1.48 bits per heavy atom. The van der Waals surface area contributed by atoms with Crippen LogP contribution in [0.5, 0.6) is 0 Å². The Morgan fingerprint density at radius 2 is 2.10 bits per heavy atom. The highest BCUT2D eigenvalue weighted by Gasteiger charge is 2.35. The Bertz CT molecular complexity index is 564. The second kappa shape index (κ2) is 6.48. The fourth-order valence-corrected chi connectivity index (χ4v) is 1.90. The molecule has 0 aromatic heterocycles. The standard InChI is InChI=1S/C14H16F3N3O/c1-9(7-8-18)20(3)13(21)10-5-4-6-11(12(10)19-2)14(15,16)17/h4-6,9,19H,7H2,1-3H3. The Labute approximate surface area is 121 Å². The molecule has 0 aliphatic heterocycles. The van der Waals surface area contributed by atoms with Crippen LogP contribution in [-0.4, -0.2) is 30.9 Å². The van der Waals surface area contributed by atoms with E-state index < -0.39 is 17.6 Å². The molecule has 0 spiro atoms. The van der Waals surface area contributed by atoms with E-state index in [0.29, 0.717) is 0 Å². The van der Waals surface area contributed by atoms with Crippen LogP contribution in [0.1, 0.15) is 29.3 Å². The van der Waals surface area contributed by atoms with Gasteiger partial charge < -0.3 is 10.2 Å². The molecule has 1 rings (SSSR count). The van der Waals surface area contributed by atoms with Crippen LogP contribution in [0.4, 0.5) is 18.9 Å². The van der Waals surface area contributed by atoms with E-state index in [4.69, 9.17) is 5.26 Å². The number of nitriles is 1. The lowest BCUT2D eigenvalue weighted by atomic mass is 10.0. The van der Waals surface area contributed by atoms with Crippen molar-refractivity contribution < 1.29 is 18.0 Å². The summed E-state index contributed by atoms with van der Waals surface area (Å²) in [4.78, 5) is 13.6. The largest absolute Gasteiger partial charge is 0.418 e. The Kier molecular flexibility index (Phi) is 5.19. The van der Waals surface area contributed by atoms with Gasteiger partial charge >= 0.3 is 6.18 Å². The molecule has 0 radical (unpaired) electrons. The fourth-order valence-electron chi connectivity index (χ4n) is 1.90. The number of halogens is 3. The minimum atomic E-state index is -4.55. The number of rotatable bonds is 4. The quantitative estimate of drug-likeness (QED) is 0.929. The molecule has 0 heterocycles. The first kappa shape index (κ1) is 16.8. The third-order valence-electron chi connectivity index (χ3n) is 3.22. The average Bonchev–Trinajstić information content (AvgIpc) is 2.44. The van der Waals surface area contributed by atoms with Gasteiger partial charge in [0.1, 0.15) is 0 Å². The molecule has 7 heteroatoms.